The summed E-state index contributed by atoms with van der Waals surface area (Å²) in [6.07, 6.45) is 4.78. The normalized spacial score (nSPS) is 12.2. The molecule has 4 rings (SSSR count). The van der Waals surface area contributed by atoms with E-state index in [-0.39, 0.29) is 17.9 Å². The Balaban J connectivity index is 1.67. The number of amides is 1. The number of nitrogens with one attached hydrogen (secondary N) is 1. The molecule has 1 atom stereocenters. The molecule has 2 heterocycles. The molecule has 0 aliphatic rings. The van der Waals surface area contributed by atoms with Crippen molar-refractivity contribution >= 4 is 23.3 Å². The molecule has 0 bridgehead atoms. The van der Waals surface area contributed by atoms with Crippen LogP contribution in [0.25, 0.3) is 5.65 Å². The maximum atomic E-state index is 13.6. The minimum absolute atomic E-state index is 0.0359. The maximum absolute atomic E-state index is 13.6. The first-order valence-electron chi connectivity index (χ1n) is 9.97. The molecule has 2 aromatic carbocycles. The Morgan fingerprint density at radius 2 is 1.57 bits per heavy atom. The molecule has 30 heavy (non-hydrogen) atoms. The number of fused-ring (bicyclic) bond motifs is 1. The number of aromatic nitrogens is 3. The summed E-state index contributed by atoms with van der Waals surface area (Å²) in [7, 11) is 0. The second-order valence-electron chi connectivity index (χ2n) is 7.08. The van der Waals surface area contributed by atoms with E-state index >= 15 is 0 Å². The number of nitrogens with zero attached hydrogens (tertiary/aromatic N) is 3. The molecule has 6 heteroatoms. The van der Waals surface area contributed by atoms with E-state index in [1.54, 1.807) is 11.8 Å². The molecule has 2 aromatic heterocycles. The number of thioether (sulfide) groups is 1. The summed E-state index contributed by atoms with van der Waals surface area (Å²) in [5, 5.41) is 11.9. The molecule has 0 unspecified atom stereocenters. The topological polar surface area (TPSA) is 59.3 Å². The first kappa shape index (κ1) is 20.2. The fraction of sp³-hybridized carbons (Fsp3) is 0.208. The highest BCUT2D eigenvalue weighted by atomic mass is 32.2. The molecule has 0 saturated carbocycles. The second-order valence-corrected chi connectivity index (χ2v) is 8.07. The molecule has 0 fully saturated rings. The number of pyridine rings is 1. The summed E-state index contributed by atoms with van der Waals surface area (Å²) in [4.78, 5) is 13.6. The van der Waals surface area contributed by atoms with E-state index in [0.717, 1.165) is 34.8 Å². The van der Waals surface area contributed by atoms with Crippen LogP contribution in [-0.2, 0) is 4.79 Å². The molecule has 0 aliphatic heterocycles. The van der Waals surface area contributed by atoms with Gasteiger partial charge in [0.05, 0.1) is 12.0 Å². The van der Waals surface area contributed by atoms with Crippen molar-refractivity contribution in [2.24, 2.45) is 0 Å². The summed E-state index contributed by atoms with van der Waals surface area (Å²) in [6.45, 7) is 0. The van der Waals surface area contributed by atoms with Crippen LogP contribution in [0, 0.1) is 0 Å². The lowest BCUT2D eigenvalue weighted by molar-refractivity contribution is -0.122. The van der Waals surface area contributed by atoms with Gasteiger partial charge in [0.15, 0.2) is 11.5 Å². The van der Waals surface area contributed by atoms with Crippen molar-refractivity contribution in [3.63, 3.8) is 0 Å². The Bertz CT molecular complexity index is 1060. The molecule has 0 spiro atoms. The van der Waals surface area contributed by atoms with E-state index in [0.29, 0.717) is 0 Å². The van der Waals surface area contributed by atoms with Crippen LogP contribution in [0.2, 0.25) is 0 Å². The average molecular weight is 417 g/mol. The van der Waals surface area contributed by atoms with Gasteiger partial charge in [-0.1, -0.05) is 66.7 Å². The van der Waals surface area contributed by atoms with Gasteiger partial charge in [0.2, 0.25) is 5.91 Å². The van der Waals surface area contributed by atoms with Crippen LogP contribution in [0.15, 0.2) is 85.1 Å². The van der Waals surface area contributed by atoms with Gasteiger partial charge in [-0.05, 0) is 41.7 Å². The van der Waals surface area contributed by atoms with Crippen LogP contribution in [0.5, 0.6) is 0 Å². The van der Waals surface area contributed by atoms with Crippen LogP contribution in [-0.4, -0.2) is 32.5 Å². The van der Waals surface area contributed by atoms with Gasteiger partial charge in [0.1, 0.15) is 0 Å². The second kappa shape index (κ2) is 9.59. The Hall–Kier alpha value is -3.12. The van der Waals surface area contributed by atoms with Gasteiger partial charge in [-0.3, -0.25) is 9.20 Å². The van der Waals surface area contributed by atoms with Gasteiger partial charge in [-0.2, -0.15) is 11.8 Å². The van der Waals surface area contributed by atoms with Crippen molar-refractivity contribution in [3.05, 3.63) is 102 Å². The van der Waals surface area contributed by atoms with Crippen molar-refractivity contribution < 1.29 is 4.79 Å². The summed E-state index contributed by atoms with van der Waals surface area (Å²) in [6, 6.07) is 25.4. The van der Waals surface area contributed by atoms with E-state index in [4.69, 9.17) is 0 Å². The zero-order valence-corrected chi connectivity index (χ0v) is 17.6. The van der Waals surface area contributed by atoms with Crippen LogP contribution in [0.4, 0.5) is 0 Å². The van der Waals surface area contributed by atoms with Gasteiger partial charge in [-0.15, -0.1) is 10.2 Å². The lowest BCUT2D eigenvalue weighted by Crippen LogP contribution is -2.34. The number of hydrogen-bond donors (Lipinski definition) is 1. The van der Waals surface area contributed by atoms with Crippen LogP contribution in [0.3, 0.4) is 0 Å². The third-order valence-electron chi connectivity index (χ3n) is 5.11. The molecule has 152 valence electrons. The van der Waals surface area contributed by atoms with Crippen molar-refractivity contribution in [3.8, 4) is 0 Å². The van der Waals surface area contributed by atoms with Crippen molar-refractivity contribution in [2.45, 2.75) is 18.4 Å². The highest BCUT2D eigenvalue weighted by Crippen LogP contribution is 2.27. The molecule has 0 saturated heterocycles. The lowest BCUT2D eigenvalue weighted by Gasteiger charge is -2.22. The fourth-order valence-corrected chi connectivity index (χ4v) is 4.11. The SMILES string of the molecule is CSCC[C@@H](NC(=O)C(c1ccccc1)c1ccccc1)c1nnc2ccccn12. The minimum Gasteiger partial charge on any atom is -0.345 e. The predicted molar refractivity (Wildman–Crippen MR) is 122 cm³/mol. The Labute approximate surface area is 180 Å². The van der Waals surface area contributed by atoms with Crippen LogP contribution < -0.4 is 5.32 Å². The highest BCUT2D eigenvalue weighted by molar-refractivity contribution is 7.98. The zero-order valence-electron chi connectivity index (χ0n) is 16.8. The van der Waals surface area contributed by atoms with E-state index in [9.17, 15) is 4.79 Å². The molecule has 5 nitrogen and oxygen atoms in total. The number of benzene rings is 2. The van der Waals surface area contributed by atoms with Crippen LogP contribution >= 0.6 is 11.8 Å². The van der Waals surface area contributed by atoms with Gasteiger partial charge in [-0.25, -0.2) is 0 Å². The quantitative estimate of drug-likeness (QED) is 0.460. The Kier molecular flexibility index (Phi) is 6.44. The third kappa shape index (κ3) is 4.39. The largest absolute Gasteiger partial charge is 0.345 e. The summed E-state index contributed by atoms with van der Waals surface area (Å²) >= 11 is 1.75. The molecule has 1 amide bonds. The first-order valence-corrected chi connectivity index (χ1v) is 11.4. The number of rotatable bonds is 8. The molecule has 1 N–H and O–H groups in total. The Morgan fingerprint density at radius 3 is 2.20 bits per heavy atom. The summed E-state index contributed by atoms with van der Waals surface area (Å²) < 4.78 is 1.95. The average Bonchev–Trinajstić information content (AvgIpc) is 3.22. The molecule has 0 aliphatic carbocycles. The number of hydrogen-bond acceptors (Lipinski definition) is 4. The molecule has 4 aromatic rings. The first-order chi connectivity index (χ1) is 14.8. The predicted octanol–water partition coefficient (Wildman–Crippen LogP) is 4.47. The Morgan fingerprint density at radius 1 is 0.933 bits per heavy atom. The molecular weight excluding hydrogens is 392 g/mol. The fourth-order valence-electron chi connectivity index (χ4n) is 3.64. The molecule has 0 radical (unpaired) electrons. The smallest absolute Gasteiger partial charge is 0.232 e. The van der Waals surface area contributed by atoms with Gasteiger partial charge < -0.3 is 5.32 Å². The van der Waals surface area contributed by atoms with E-state index in [1.807, 2.05) is 89.5 Å². The standard InChI is InChI=1S/C24H24N4OS/c1-30-17-15-20(23-27-26-21-14-8-9-16-28(21)23)25-24(29)22(18-10-4-2-5-11-18)19-12-6-3-7-13-19/h2-14,16,20,22H,15,17H2,1H3,(H,25,29)/t20-/m1/s1. The highest BCUT2D eigenvalue weighted by Gasteiger charge is 2.27. The number of carbonyl (C=O) groups excluding carboxylic acids is 1. The number of carbonyl (C=O) groups is 1. The van der Waals surface area contributed by atoms with Crippen molar-refractivity contribution in [1.29, 1.82) is 0 Å². The monoisotopic (exact) mass is 416 g/mol. The van der Waals surface area contributed by atoms with E-state index < -0.39 is 0 Å². The molecular formula is C24H24N4OS. The third-order valence-corrected chi connectivity index (χ3v) is 5.75. The summed E-state index contributed by atoms with van der Waals surface area (Å²) in [5.74, 6) is 1.25. The minimum atomic E-state index is -0.386. The van der Waals surface area contributed by atoms with Crippen LogP contribution in [0.1, 0.15) is 35.3 Å². The van der Waals surface area contributed by atoms with Gasteiger partial charge in [0, 0.05) is 6.20 Å². The zero-order chi connectivity index (χ0) is 20.8. The van der Waals surface area contributed by atoms with E-state index in [1.165, 1.54) is 0 Å². The summed E-state index contributed by atoms with van der Waals surface area (Å²) in [5.41, 5.74) is 2.71. The van der Waals surface area contributed by atoms with Gasteiger partial charge in [0.25, 0.3) is 0 Å². The lowest BCUT2D eigenvalue weighted by atomic mass is 9.90. The van der Waals surface area contributed by atoms with E-state index in [2.05, 4.69) is 21.8 Å². The maximum Gasteiger partial charge on any atom is 0.232 e. The van der Waals surface area contributed by atoms with Crippen molar-refractivity contribution in [2.75, 3.05) is 12.0 Å². The van der Waals surface area contributed by atoms with Crippen molar-refractivity contribution in [1.82, 2.24) is 19.9 Å². The van der Waals surface area contributed by atoms with Gasteiger partial charge >= 0.3 is 0 Å².